The third kappa shape index (κ3) is 2.47. The molecule has 102 valence electrons. The Balaban J connectivity index is 2.61. The molecule has 0 spiro atoms. The Bertz CT molecular complexity index is 569. The van der Waals surface area contributed by atoms with Crippen molar-refractivity contribution in [2.45, 2.75) is 19.0 Å². The average Bonchev–Trinajstić information content (AvgIpc) is 2.30. The van der Waals surface area contributed by atoms with Crippen LogP contribution in [0.25, 0.3) is 5.57 Å². The Morgan fingerprint density at radius 1 is 1.11 bits per heavy atom. The molecule has 1 aliphatic carbocycles. The Morgan fingerprint density at radius 2 is 1.79 bits per heavy atom. The minimum atomic E-state index is -4.82. The molecule has 1 aromatic carbocycles. The van der Waals surface area contributed by atoms with Crippen LogP contribution >= 0.6 is 0 Å². The van der Waals surface area contributed by atoms with Crippen LogP contribution in [0.1, 0.15) is 18.4 Å². The molecule has 0 heterocycles. The molecule has 0 unspecified atom stereocenters. The second kappa shape index (κ2) is 4.68. The predicted molar refractivity (Wildman–Crippen MR) is 59.3 cm³/mol. The first-order chi connectivity index (χ1) is 8.82. The van der Waals surface area contributed by atoms with Crippen molar-refractivity contribution in [3.63, 3.8) is 0 Å². The summed E-state index contributed by atoms with van der Waals surface area (Å²) in [5, 5.41) is 9.40. The quantitative estimate of drug-likeness (QED) is 0.748. The molecule has 0 saturated carbocycles. The SMILES string of the molecule is OC1=C(C(F)(F)F)C(c2cccc(F)c2F)=CCC1. The highest BCUT2D eigenvalue weighted by molar-refractivity contribution is 5.82. The van der Waals surface area contributed by atoms with Crippen LogP contribution in [0.3, 0.4) is 0 Å². The van der Waals surface area contributed by atoms with Crippen molar-refractivity contribution in [2.75, 3.05) is 0 Å². The van der Waals surface area contributed by atoms with Gasteiger partial charge in [0.05, 0.1) is 0 Å². The van der Waals surface area contributed by atoms with E-state index in [1.54, 1.807) is 0 Å². The fraction of sp³-hybridized carbons (Fsp3) is 0.231. The summed E-state index contributed by atoms with van der Waals surface area (Å²) in [6.07, 6.45) is -3.71. The first kappa shape index (κ1) is 13.6. The van der Waals surface area contributed by atoms with E-state index in [4.69, 9.17) is 0 Å². The largest absolute Gasteiger partial charge is 0.512 e. The lowest BCUT2D eigenvalue weighted by Crippen LogP contribution is -2.18. The van der Waals surface area contributed by atoms with E-state index >= 15 is 0 Å². The number of hydrogen-bond donors (Lipinski definition) is 1. The average molecular weight is 276 g/mol. The van der Waals surface area contributed by atoms with Gasteiger partial charge in [0.25, 0.3) is 0 Å². The number of hydrogen-bond acceptors (Lipinski definition) is 1. The molecule has 0 fully saturated rings. The van der Waals surface area contributed by atoms with Gasteiger partial charge in [-0.25, -0.2) is 8.78 Å². The van der Waals surface area contributed by atoms with Crippen LogP contribution in [0.15, 0.2) is 35.6 Å². The van der Waals surface area contributed by atoms with Crippen LogP contribution in [-0.2, 0) is 0 Å². The first-order valence-corrected chi connectivity index (χ1v) is 5.46. The standard InChI is InChI=1S/C13H9F5O/c14-9-5-1-4-8(12(9)15)7-3-2-6-10(19)11(7)13(16,17)18/h1,3-5,19H,2,6H2. The number of benzene rings is 1. The third-order valence-corrected chi connectivity index (χ3v) is 2.81. The molecule has 6 heteroatoms. The fourth-order valence-corrected chi connectivity index (χ4v) is 2.01. The Morgan fingerprint density at radius 3 is 2.42 bits per heavy atom. The van der Waals surface area contributed by atoms with Gasteiger partial charge >= 0.3 is 6.18 Å². The van der Waals surface area contributed by atoms with E-state index in [1.807, 2.05) is 0 Å². The van der Waals surface area contributed by atoms with E-state index in [2.05, 4.69) is 0 Å². The van der Waals surface area contributed by atoms with E-state index in [1.165, 1.54) is 0 Å². The molecule has 0 radical (unpaired) electrons. The summed E-state index contributed by atoms with van der Waals surface area (Å²) >= 11 is 0. The maximum absolute atomic E-state index is 13.6. The molecule has 1 N–H and O–H groups in total. The van der Waals surface area contributed by atoms with Gasteiger partial charge in [-0.15, -0.1) is 0 Å². The summed E-state index contributed by atoms with van der Waals surface area (Å²) in [5.41, 5.74) is -2.32. The van der Waals surface area contributed by atoms with Crippen LogP contribution in [0.5, 0.6) is 0 Å². The zero-order chi connectivity index (χ0) is 14.2. The van der Waals surface area contributed by atoms with E-state index < -0.39 is 40.3 Å². The van der Waals surface area contributed by atoms with Gasteiger partial charge < -0.3 is 5.11 Å². The minimum absolute atomic E-state index is 0.136. The topological polar surface area (TPSA) is 20.2 Å². The molecule has 0 atom stereocenters. The van der Waals surface area contributed by atoms with Gasteiger partial charge in [-0.2, -0.15) is 13.2 Å². The Kier molecular flexibility index (Phi) is 3.34. The van der Waals surface area contributed by atoms with Crippen molar-refractivity contribution in [1.29, 1.82) is 0 Å². The molecule has 0 saturated heterocycles. The lowest BCUT2D eigenvalue weighted by molar-refractivity contribution is -0.0901. The van der Waals surface area contributed by atoms with Gasteiger partial charge in [0, 0.05) is 12.0 Å². The van der Waals surface area contributed by atoms with Crippen molar-refractivity contribution in [3.05, 3.63) is 52.8 Å². The molecule has 1 aliphatic rings. The van der Waals surface area contributed by atoms with Crippen molar-refractivity contribution in [3.8, 4) is 0 Å². The highest BCUT2D eigenvalue weighted by Gasteiger charge is 2.41. The van der Waals surface area contributed by atoms with Crippen molar-refractivity contribution in [1.82, 2.24) is 0 Å². The summed E-state index contributed by atoms with van der Waals surface area (Å²) in [6.45, 7) is 0. The lowest BCUT2D eigenvalue weighted by Gasteiger charge is -2.21. The zero-order valence-electron chi connectivity index (χ0n) is 9.56. The van der Waals surface area contributed by atoms with Crippen molar-refractivity contribution < 1.29 is 27.1 Å². The molecule has 0 aromatic heterocycles. The third-order valence-electron chi connectivity index (χ3n) is 2.81. The molecular formula is C13H9F5O. The zero-order valence-corrected chi connectivity index (χ0v) is 9.56. The smallest absolute Gasteiger partial charge is 0.420 e. The number of rotatable bonds is 1. The molecule has 19 heavy (non-hydrogen) atoms. The number of halogens is 5. The first-order valence-electron chi connectivity index (χ1n) is 5.46. The molecule has 0 bridgehead atoms. The Labute approximate surface area is 105 Å². The second-order valence-corrected chi connectivity index (χ2v) is 4.08. The van der Waals surface area contributed by atoms with E-state index in [0.29, 0.717) is 0 Å². The molecular weight excluding hydrogens is 267 g/mol. The lowest BCUT2D eigenvalue weighted by atomic mass is 9.90. The number of alkyl halides is 3. The number of aliphatic hydroxyl groups is 1. The highest BCUT2D eigenvalue weighted by Crippen LogP contribution is 2.42. The van der Waals surface area contributed by atoms with Gasteiger partial charge in [-0.05, 0) is 18.1 Å². The molecule has 0 aliphatic heterocycles. The second-order valence-electron chi connectivity index (χ2n) is 4.08. The van der Waals surface area contributed by atoms with Gasteiger partial charge in [-0.3, -0.25) is 0 Å². The summed E-state index contributed by atoms with van der Waals surface area (Å²) in [6, 6.07) is 2.99. The molecule has 0 amide bonds. The predicted octanol–water partition coefficient (Wildman–Crippen LogP) is 4.52. The fourth-order valence-electron chi connectivity index (χ4n) is 2.01. The van der Waals surface area contributed by atoms with Gasteiger partial charge in [0.2, 0.25) is 0 Å². The van der Waals surface area contributed by atoms with E-state index in [-0.39, 0.29) is 12.8 Å². The summed E-state index contributed by atoms with van der Waals surface area (Å²) < 4.78 is 65.3. The van der Waals surface area contributed by atoms with E-state index in [9.17, 15) is 27.1 Å². The minimum Gasteiger partial charge on any atom is -0.512 e. The van der Waals surface area contributed by atoms with Crippen molar-refractivity contribution in [2.24, 2.45) is 0 Å². The summed E-state index contributed by atoms with van der Waals surface area (Å²) in [7, 11) is 0. The van der Waals surface area contributed by atoms with Crippen LogP contribution in [0.2, 0.25) is 0 Å². The van der Waals surface area contributed by atoms with Crippen LogP contribution in [0, 0.1) is 11.6 Å². The summed E-state index contributed by atoms with van der Waals surface area (Å²) in [5.74, 6) is -3.44. The summed E-state index contributed by atoms with van der Waals surface area (Å²) in [4.78, 5) is 0. The Hall–Kier alpha value is -1.85. The normalized spacial score (nSPS) is 16.6. The highest BCUT2D eigenvalue weighted by atomic mass is 19.4. The van der Waals surface area contributed by atoms with Crippen molar-refractivity contribution >= 4 is 5.57 Å². The molecule has 1 nitrogen and oxygen atoms in total. The maximum atomic E-state index is 13.6. The van der Waals surface area contributed by atoms with Gasteiger partial charge in [0.1, 0.15) is 11.3 Å². The maximum Gasteiger partial charge on any atom is 0.420 e. The molecule has 1 aromatic rings. The van der Waals surface area contributed by atoms with Crippen LogP contribution in [-0.4, -0.2) is 11.3 Å². The van der Waals surface area contributed by atoms with Gasteiger partial charge in [-0.1, -0.05) is 18.2 Å². The number of aliphatic hydroxyl groups excluding tert-OH is 1. The van der Waals surface area contributed by atoms with Crippen LogP contribution in [0.4, 0.5) is 22.0 Å². The molecule has 2 rings (SSSR count). The monoisotopic (exact) mass is 276 g/mol. The van der Waals surface area contributed by atoms with E-state index in [0.717, 1.165) is 24.3 Å². The number of allylic oxidation sites excluding steroid dienone is 4. The van der Waals surface area contributed by atoms with Gasteiger partial charge in [0.15, 0.2) is 11.6 Å². The van der Waals surface area contributed by atoms with Crippen LogP contribution < -0.4 is 0 Å².